The van der Waals surface area contributed by atoms with Crippen molar-refractivity contribution in [1.82, 2.24) is 10.3 Å². The van der Waals surface area contributed by atoms with Gasteiger partial charge in [-0.25, -0.2) is 9.37 Å². The van der Waals surface area contributed by atoms with Crippen LogP contribution in [0.25, 0.3) is 11.3 Å². The number of hydrogen-bond donors (Lipinski definition) is 3. The van der Waals surface area contributed by atoms with Gasteiger partial charge >= 0.3 is 0 Å². The molecule has 10 heteroatoms. The molecule has 2 aromatic carbocycles. The smallest absolute Gasteiger partial charge is 0.231 e. The first-order valence-corrected chi connectivity index (χ1v) is 11.9. The first kappa shape index (κ1) is 26.9. The number of nitrogens with one attached hydrogen (secondary N) is 1. The van der Waals surface area contributed by atoms with Crippen LogP contribution in [0, 0.1) is 5.82 Å². The predicted molar refractivity (Wildman–Crippen MR) is 138 cm³/mol. The molecule has 1 aliphatic rings. The molecule has 0 aliphatic carbocycles. The number of nitrogens with zero attached hydrogens (tertiary/aromatic N) is 1. The zero-order valence-electron chi connectivity index (χ0n) is 21.6. The van der Waals surface area contributed by atoms with Crippen LogP contribution in [0.2, 0.25) is 0 Å². The highest BCUT2D eigenvalue weighted by atomic mass is 19.1. The second kappa shape index (κ2) is 10.3. The van der Waals surface area contributed by atoms with E-state index in [0.717, 1.165) is 0 Å². The summed E-state index contributed by atoms with van der Waals surface area (Å²) in [6.07, 6.45) is 0.0441. The number of benzene rings is 2. The highest BCUT2D eigenvalue weighted by Crippen LogP contribution is 2.45. The van der Waals surface area contributed by atoms with Gasteiger partial charge in [0.2, 0.25) is 11.8 Å². The van der Waals surface area contributed by atoms with E-state index in [1.165, 1.54) is 45.4 Å². The van der Waals surface area contributed by atoms with E-state index in [9.17, 15) is 19.1 Å². The molecule has 0 saturated carbocycles. The second-order valence-electron chi connectivity index (χ2n) is 9.64. The molecule has 3 aromatic rings. The SMILES string of the molecule is COc1ccc(CC(=O)NC[C@](C)(O)c2cc3c(c(-c4ccc(F)cc4)n2)OC[C@]3(C)C(N)=O)cc1OC. The van der Waals surface area contributed by atoms with Crippen LogP contribution in [0.4, 0.5) is 4.39 Å². The van der Waals surface area contributed by atoms with Crippen LogP contribution in [0.15, 0.2) is 48.5 Å². The molecule has 9 nitrogen and oxygen atoms in total. The maximum atomic E-state index is 13.6. The first-order valence-electron chi connectivity index (χ1n) is 11.9. The van der Waals surface area contributed by atoms with Crippen LogP contribution < -0.4 is 25.3 Å². The quantitative estimate of drug-likeness (QED) is 0.393. The number of ether oxygens (including phenoxy) is 3. The van der Waals surface area contributed by atoms with Crippen molar-refractivity contribution in [2.24, 2.45) is 5.73 Å². The first-order chi connectivity index (χ1) is 18.0. The lowest BCUT2D eigenvalue weighted by molar-refractivity contribution is -0.123. The van der Waals surface area contributed by atoms with Crippen molar-refractivity contribution in [1.29, 1.82) is 0 Å². The Bertz CT molecular complexity index is 1380. The Balaban J connectivity index is 1.61. The minimum absolute atomic E-state index is 0.00119. The molecule has 0 saturated heterocycles. The molecule has 4 rings (SSSR count). The number of aromatic nitrogens is 1. The summed E-state index contributed by atoms with van der Waals surface area (Å²) < 4.78 is 29.9. The fourth-order valence-electron chi connectivity index (χ4n) is 4.27. The highest BCUT2D eigenvalue weighted by molar-refractivity contribution is 5.90. The van der Waals surface area contributed by atoms with E-state index in [4.69, 9.17) is 19.9 Å². The van der Waals surface area contributed by atoms with Crippen molar-refractivity contribution in [3.8, 4) is 28.5 Å². The Hall–Kier alpha value is -4.18. The van der Waals surface area contributed by atoms with Gasteiger partial charge in [0.15, 0.2) is 11.5 Å². The van der Waals surface area contributed by atoms with Crippen molar-refractivity contribution in [3.05, 3.63) is 71.2 Å². The fourth-order valence-corrected chi connectivity index (χ4v) is 4.27. The minimum atomic E-state index is -1.63. The number of pyridine rings is 1. The van der Waals surface area contributed by atoms with Gasteiger partial charge in [-0.15, -0.1) is 0 Å². The van der Waals surface area contributed by atoms with Crippen LogP contribution in [-0.4, -0.2) is 49.3 Å². The van der Waals surface area contributed by atoms with Crippen molar-refractivity contribution in [2.75, 3.05) is 27.4 Å². The number of amides is 2. The lowest BCUT2D eigenvalue weighted by atomic mass is 9.82. The molecule has 1 aliphatic heterocycles. The van der Waals surface area contributed by atoms with Gasteiger partial charge in [0.25, 0.3) is 0 Å². The molecule has 0 fully saturated rings. The largest absolute Gasteiger partial charge is 0.493 e. The van der Waals surface area contributed by atoms with Gasteiger partial charge in [-0.3, -0.25) is 9.59 Å². The summed E-state index contributed by atoms with van der Waals surface area (Å²) in [5.74, 6) is 0.0407. The zero-order chi connectivity index (χ0) is 27.7. The normalized spacial score (nSPS) is 17.6. The Kier molecular flexibility index (Phi) is 7.28. The van der Waals surface area contributed by atoms with Crippen LogP contribution in [-0.2, 0) is 27.0 Å². The molecule has 2 amide bonds. The molecule has 200 valence electrons. The van der Waals surface area contributed by atoms with E-state index in [-0.39, 0.29) is 31.2 Å². The number of halogens is 1. The number of hydrogen-bond acceptors (Lipinski definition) is 7. The van der Waals surface area contributed by atoms with Crippen molar-refractivity contribution < 1.29 is 33.3 Å². The molecule has 0 bridgehead atoms. The summed E-state index contributed by atoms with van der Waals surface area (Å²) in [4.78, 5) is 29.7. The number of aliphatic hydroxyl groups is 1. The van der Waals surface area contributed by atoms with Crippen molar-refractivity contribution in [2.45, 2.75) is 31.3 Å². The topological polar surface area (TPSA) is 133 Å². The molecule has 4 N–H and O–H groups in total. The van der Waals surface area contributed by atoms with E-state index in [0.29, 0.717) is 39.6 Å². The molecule has 38 heavy (non-hydrogen) atoms. The van der Waals surface area contributed by atoms with Gasteiger partial charge in [-0.2, -0.15) is 0 Å². The Morgan fingerprint density at radius 3 is 2.47 bits per heavy atom. The van der Waals surface area contributed by atoms with Gasteiger partial charge in [0.05, 0.1) is 32.9 Å². The summed E-state index contributed by atoms with van der Waals surface area (Å²) in [6.45, 7) is 2.99. The number of carbonyl (C=O) groups excluding carboxylic acids is 2. The average Bonchev–Trinajstić information content (AvgIpc) is 3.25. The maximum Gasteiger partial charge on any atom is 0.231 e. The average molecular weight is 524 g/mol. The van der Waals surface area contributed by atoms with E-state index in [1.54, 1.807) is 31.2 Å². The van der Waals surface area contributed by atoms with E-state index in [1.807, 2.05) is 0 Å². The minimum Gasteiger partial charge on any atom is -0.493 e. The third-order valence-electron chi connectivity index (χ3n) is 6.73. The molecule has 0 spiro atoms. The van der Waals surface area contributed by atoms with E-state index in [2.05, 4.69) is 10.3 Å². The predicted octanol–water partition coefficient (Wildman–Crippen LogP) is 2.61. The molecule has 1 aromatic heterocycles. The number of nitrogens with two attached hydrogens (primary N) is 1. The van der Waals surface area contributed by atoms with Gasteiger partial charge in [-0.1, -0.05) is 6.07 Å². The summed E-state index contributed by atoms with van der Waals surface area (Å²) in [7, 11) is 3.04. The number of rotatable bonds is 9. The molecule has 0 unspecified atom stereocenters. The summed E-state index contributed by atoms with van der Waals surface area (Å²) in [5, 5.41) is 14.1. The van der Waals surface area contributed by atoms with Gasteiger partial charge < -0.3 is 30.4 Å². The second-order valence-corrected chi connectivity index (χ2v) is 9.64. The van der Waals surface area contributed by atoms with Crippen LogP contribution in [0.3, 0.4) is 0 Å². The van der Waals surface area contributed by atoms with Crippen molar-refractivity contribution >= 4 is 11.8 Å². The molecule has 2 heterocycles. The molecule has 2 atom stereocenters. The van der Waals surface area contributed by atoms with Gasteiger partial charge in [0.1, 0.15) is 34.9 Å². The molecule has 0 radical (unpaired) electrons. The fraction of sp³-hybridized carbons (Fsp3) is 0.321. The zero-order valence-corrected chi connectivity index (χ0v) is 21.6. The molecular weight excluding hydrogens is 493 g/mol. The van der Waals surface area contributed by atoms with Crippen LogP contribution in [0.1, 0.15) is 30.7 Å². The Morgan fingerprint density at radius 1 is 1.16 bits per heavy atom. The van der Waals surface area contributed by atoms with E-state index < -0.39 is 22.7 Å². The van der Waals surface area contributed by atoms with Crippen LogP contribution >= 0.6 is 0 Å². The number of methoxy groups -OCH3 is 2. The number of fused-ring (bicyclic) bond motifs is 1. The lowest BCUT2D eigenvalue weighted by Gasteiger charge is -2.26. The maximum absolute atomic E-state index is 13.6. The van der Waals surface area contributed by atoms with Gasteiger partial charge in [0, 0.05) is 11.1 Å². The standard InChI is InChI=1S/C28H30FN3O6/c1-27(26(30)34)15-38-25-19(27)13-22(32-24(25)17-6-8-18(29)9-7-17)28(2,35)14-31-23(33)12-16-5-10-20(36-3)21(11-16)37-4/h5-11,13,35H,12,14-15H2,1-4H3,(H2,30,34)(H,31,33)/t27-,28-/m0/s1. The summed E-state index contributed by atoms with van der Waals surface area (Å²) in [5.41, 5.74) is 5.14. The highest BCUT2D eigenvalue weighted by Gasteiger charge is 2.45. The number of primary amides is 1. The summed E-state index contributed by atoms with van der Waals surface area (Å²) in [6, 6.07) is 12.4. The lowest BCUT2D eigenvalue weighted by Crippen LogP contribution is -2.41. The molecular formula is C28H30FN3O6. The Labute approximate surface area is 219 Å². The van der Waals surface area contributed by atoms with E-state index >= 15 is 0 Å². The monoisotopic (exact) mass is 523 g/mol. The van der Waals surface area contributed by atoms with Gasteiger partial charge in [-0.05, 0) is 61.9 Å². The van der Waals surface area contributed by atoms with Crippen LogP contribution in [0.5, 0.6) is 17.2 Å². The van der Waals surface area contributed by atoms with Crippen molar-refractivity contribution in [3.63, 3.8) is 0 Å². The third kappa shape index (κ3) is 5.12. The number of carbonyl (C=O) groups is 2. The summed E-state index contributed by atoms with van der Waals surface area (Å²) >= 11 is 0. The third-order valence-corrected chi connectivity index (χ3v) is 6.73. The Morgan fingerprint density at radius 2 is 1.84 bits per heavy atom.